The molecule has 21 heavy (non-hydrogen) atoms. The summed E-state index contributed by atoms with van der Waals surface area (Å²) < 4.78 is 0. The molecule has 106 valence electrons. The van der Waals surface area contributed by atoms with Crippen LogP contribution >= 0.6 is 23.2 Å². The first kappa shape index (κ1) is 14.0. The number of fused-ring (bicyclic) bond motifs is 1. The van der Waals surface area contributed by atoms with Gasteiger partial charge in [-0.05, 0) is 31.2 Å². The van der Waals surface area contributed by atoms with Crippen LogP contribution in [0.5, 0.6) is 0 Å². The zero-order valence-corrected chi connectivity index (χ0v) is 12.7. The van der Waals surface area contributed by atoms with Gasteiger partial charge < -0.3 is 10.7 Å². The van der Waals surface area contributed by atoms with Crippen molar-refractivity contribution >= 4 is 45.6 Å². The molecule has 3 nitrogen and oxygen atoms in total. The molecule has 0 atom stereocenters. The molecule has 0 saturated carbocycles. The van der Waals surface area contributed by atoms with Crippen molar-refractivity contribution in [2.75, 3.05) is 5.73 Å². The van der Waals surface area contributed by atoms with Gasteiger partial charge in [0.1, 0.15) is 0 Å². The largest absolute Gasteiger partial charge is 0.397 e. The van der Waals surface area contributed by atoms with Crippen LogP contribution in [0.2, 0.25) is 10.0 Å². The van der Waals surface area contributed by atoms with Crippen molar-refractivity contribution in [2.45, 2.75) is 6.92 Å². The molecule has 2 aromatic carbocycles. The zero-order valence-electron chi connectivity index (χ0n) is 11.2. The molecule has 1 aromatic heterocycles. The Morgan fingerprint density at radius 2 is 1.95 bits per heavy atom. The molecule has 0 unspecified atom stereocenters. The Morgan fingerprint density at radius 3 is 2.67 bits per heavy atom. The van der Waals surface area contributed by atoms with E-state index in [1.54, 1.807) is 12.3 Å². The van der Waals surface area contributed by atoms with Gasteiger partial charge in [-0.3, -0.25) is 4.79 Å². The summed E-state index contributed by atoms with van der Waals surface area (Å²) in [5.74, 6) is -0.142. The summed E-state index contributed by atoms with van der Waals surface area (Å²) in [4.78, 5) is 15.8. The molecule has 0 bridgehead atoms. The Balaban J connectivity index is 2.15. The SMILES string of the molecule is Cc1ccc2[nH]cc(C(=O)c3cc(N)c(Cl)c(Cl)c3)c2c1. The second-order valence-electron chi connectivity index (χ2n) is 4.94. The second kappa shape index (κ2) is 5.10. The lowest BCUT2D eigenvalue weighted by Crippen LogP contribution is -2.02. The van der Waals surface area contributed by atoms with E-state index >= 15 is 0 Å². The van der Waals surface area contributed by atoms with E-state index in [1.165, 1.54) is 6.07 Å². The topological polar surface area (TPSA) is 58.9 Å². The average Bonchev–Trinajstić information content (AvgIpc) is 2.86. The minimum Gasteiger partial charge on any atom is -0.397 e. The van der Waals surface area contributed by atoms with Crippen LogP contribution in [0.4, 0.5) is 5.69 Å². The average molecular weight is 319 g/mol. The summed E-state index contributed by atoms with van der Waals surface area (Å²) in [6, 6.07) is 9.00. The van der Waals surface area contributed by atoms with Crippen LogP contribution in [-0.2, 0) is 0 Å². The van der Waals surface area contributed by atoms with E-state index in [2.05, 4.69) is 4.98 Å². The minimum absolute atomic E-state index is 0.142. The van der Waals surface area contributed by atoms with E-state index in [1.807, 2.05) is 25.1 Å². The smallest absolute Gasteiger partial charge is 0.195 e. The Labute approximate surface area is 131 Å². The molecule has 0 radical (unpaired) electrons. The van der Waals surface area contributed by atoms with E-state index in [4.69, 9.17) is 28.9 Å². The molecule has 1 heterocycles. The standard InChI is InChI=1S/C16H12Cl2N2O/c1-8-2-3-14-10(4-8)11(7-20-14)16(21)9-5-12(17)15(18)13(19)6-9/h2-7,20H,19H2,1H3. The Kier molecular flexibility index (Phi) is 3.40. The predicted molar refractivity (Wildman–Crippen MR) is 87.3 cm³/mol. The number of aromatic amines is 1. The van der Waals surface area contributed by atoms with Crippen molar-refractivity contribution in [2.24, 2.45) is 0 Å². The van der Waals surface area contributed by atoms with Crippen molar-refractivity contribution in [3.05, 3.63) is 63.3 Å². The molecule has 0 aliphatic rings. The number of nitrogens with two attached hydrogens (primary N) is 1. The monoisotopic (exact) mass is 318 g/mol. The number of nitrogens with one attached hydrogen (secondary N) is 1. The Hall–Kier alpha value is -1.97. The van der Waals surface area contributed by atoms with Crippen LogP contribution in [0, 0.1) is 6.92 Å². The van der Waals surface area contributed by atoms with E-state index < -0.39 is 0 Å². The molecule has 0 spiro atoms. The van der Waals surface area contributed by atoms with Gasteiger partial charge in [-0.2, -0.15) is 0 Å². The third-order valence-electron chi connectivity index (χ3n) is 3.40. The number of ketones is 1. The number of aromatic nitrogens is 1. The van der Waals surface area contributed by atoms with Crippen molar-refractivity contribution in [3.63, 3.8) is 0 Å². The van der Waals surface area contributed by atoms with Gasteiger partial charge in [-0.25, -0.2) is 0 Å². The highest BCUT2D eigenvalue weighted by atomic mass is 35.5. The number of hydrogen-bond acceptors (Lipinski definition) is 2. The molecule has 5 heteroatoms. The van der Waals surface area contributed by atoms with Crippen molar-refractivity contribution in [3.8, 4) is 0 Å². The number of carbonyl (C=O) groups excluding carboxylic acids is 1. The number of hydrogen-bond donors (Lipinski definition) is 2. The number of halogens is 2. The maximum absolute atomic E-state index is 12.7. The van der Waals surface area contributed by atoms with Gasteiger partial charge in [0, 0.05) is 28.2 Å². The third-order valence-corrected chi connectivity index (χ3v) is 4.22. The second-order valence-corrected chi connectivity index (χ2v) is 5.73. The molecule has 3 rings (SSSR count). The van der Waals surface area contributed by atoms with Crippen LogP contribution in [0.15, 0.2) is 36.5 Å². The Bertz CT molecular complexity index is 845. The van der Waals surface area contributed by atoms with Crippen LogP contribution in [0.25, 0.3) is 10.9 Å². The number of carbonyl (C=O) groups is 1. The van der Waals surface area contributed by atoms with Gasteiger partial charge in [0.2, 0.25) is 0 Å². The number of rotatable bonds is 2. The highest BCUT2D eigenvalue weighted by Crippen LogP contribution is 2.31. The first-order chi connectivity index (χ1) is 9.97. The maximum atomic E-state index is 12.7. The van der Waals surface area contributed by atoms with Gasteiger partial charge in [0.15, 0.2) is 5.78 Å². The molecule has 0 fully saturated rings. The van der Waals surface area contributed by atoms with Gasteiger partial charge in [0.05, 0.1) is 15.7 Å². The van der Waals surface area contributed by atoms with E-state index in [-0.39, 0.29) is 15.8 Å². The number of benzene rings is 2. The fraction of sp³-hybridized carbons (Fsp3) is 0.0625. The van der Waals surface area contributed by atoms with E-state index in [0.717, 1.165) is 16.5 Å². The van der Waals surface area contributed by atoms with Crippen LogP contribution < -0.4 is 5.73 Å². The summed E-state index contributed by atoms with van der Waals surface area (Å²) in [6.07, 6.45) is 1.70. The molecule has 0 amide bonds. The van der Waals surface area contributed by atoms with Gasteiger partial charge >= 0.3 is 0 Å². The summed E-state index contributed by atoms with van der Waals surface area (Å²) in [7, 11) is 0. The molecule has 3 aromatic rings. The summed E-state index contributed by atoms with van der Waals surface area (Å²) in [5, 5.41) is 1.42. The molecular weight excluding hydrogens is 307 g/mol. The highest BCUT2D eigenvalue weighted by molar-refractivity contribution is 6.44. The van der Waals surface area contributed by atoms with E-state index in [0.29, 0.717) is 16.8 Å². The summed E-state index contributed by atoms with van der Waals surface area (Å²) >= 11 is 11.9. The summed E-state index contributed by atoms with van der Waals surface area (Å²) in [6.45, 7) is 1.98. The van der Waals surface area contributed by atoms with Gasteiger partial charge in [0.25, 0.3) is 0 Å². The zero-order chi connectivity index (χ0) is 15.1. The third kappa shape index (κ3) is 2.39. The highest BCUT2D eigenvalue weighted by Gasteiger charge is 2.16. The van der Waals surface area contributed by atoms with Crippen molar-refractivity contribution in [1.82, 2.24) is 4.98 Å². The molecule has 0 aliphatic heterocycles. The maximum Gasteiger partial charge on any atom is 0.195 e. The summed E-state index contributed by atoms with van der Waals surface area (Å²) in [5.41, 5.74) is 9.08. The minimum atomic E-state index is -0.142. The fourth-order valence-corrected chi connectivity index (χ4v) is 2.66. The molecule has 0 saturated heterocycles. The lowest BCUT2D eigenvalue weighted by atomic mass is 10.0. The number of aryl methyl sites for hydroxylation is 1. The Morgan fingerprint density at radius 1 is 1.19 bits per heavy atom. The van der Waals surface area contributed by atoms with Crippen LogP contribution in [-0.4, -0.2) is 10.8 Å². The normalized spacial score (nSPS) is 11.0. The number of H-pyrrole nitrogens is 1. The number of anilines is 1. The quantitative estimate of drug-likeness (QED) is 0.536. The lowest BCUT2D eigenvalue weighted by molar-refractivity contribution is 0.104. The first-order valence-corrected chi connectivity index (χ1v) is 7.10. The number of nitrogen functional groups attached to an aromatic ring is 1. The van der Waals surface area contributed by atoms with Crippen LogP contribution in [0.3, 0.4) is 0 Å². The lowest BCUT2D eigenvalue weighted by Gasteiger charge is -2.05. The van der Waals surface area contributed by atoms with Crippen molar-refractivity contribution < 1.29 is 4.79 Å². The first-order valence-electron chi connectivity index (χ1n) is 6.34. The van der Waals surface area contributed by atoms with Crippen LogP contribution in [0.1, 0.15) is 21.5 Å². The van der Waals surface area contributed by atoms with Gasteiger partial charge in [-0.1, -0.05) is 34.8 Å². The van der Waals surface area contributed by atoms with E-state index in [9.17, 15) is 4.79 Å². The van der Waals surface area contributed by atoms with Gasteiger partial charge in [-0.15, -0.1) is 0 Å². The molecule has 0 aliphatic carbocycles. The molecular formula is C16H12Cl2N2O. The molecule has 3 N–H and O–H groups in total. The fourth-order valence-electron chi connectivity index (χ4n) is 2.32. The predicted octanol–water partition coefficient (Wildman–Crippen LogP) is 4.60. The van der Waals surface area contributed by atoms with Crippen molar-refractivity contribution in [1.29, 1.82) is 0 Å².